The van der Waals surface area contributed by atoms with Crippen LogP contribution in [0.4, 0.5) is 15.9 Å². The van der Waals surface area contributed by atoms with Crippen LogP contribution in [0.5, 0.6) is 0 Å². The molecule has 2 aromatic rings. The first kappa shape index (κ1) is 14.9. The number of halogens is 3. The van der Waals surface area contributed by atoms with Gasteiger partial charge in [-0.1, -0.05) is 11.6 Å². The topological polar surface area (TPSA) is 80.0 Å². The van der Waals surface area contributed by atoms with Crippen molar-refractivity contribution in [3.05, 3.63) is 50.4 Å². The number of nitrogen functional groups attached to an aromatic ring is 1. The van der Waals surface area contributed by atoms with Gasteiger partial charge in [-0.2, -0.15) is 0 Å². The van der Waals surface area contributed by atoms with Crippen LogP contribution in [0, 0.1) is 9.39 Å². The number of nitrogens with two attached hydrogens (primary N) is 1. The van der Waals surface area contributed by atoms with Gasteiger partial charge in [-0.05, 0) is 46.9 Å². The first-order chi connectivity index (χ1) is 9.51. The van der Waals surface area contributed by atoms with E-state index in [1.54, 1.807) is 0 Å². The minimum atomic E-state index is -0.396. The normalized spacial score (nSPS) is 10.2. The van der Waals surface area contributed by atoms with Gasteiger partial charge in [0.1, 0.15) is 5.82 Å². The van der Waals surface area contributed by atoms with Crippen molar-refractivity contribution in [3.63, 3.8) is 0 Å². The zero-order valence-electron chi connectivity index (χ0n) is 9.95. The second-order valence-corrected chi connectivity index (χ2v) is 5.35. The smallest absolute Gasteiger partial charge is 0.257 e. The summed E-state index contributed by atoms with van der Waals surface area (Å²) >= 11 is 7.83. The van der Waals surface area contributed by atoms with E-state index in [4.69, 9.17) is 17.4 Å². The van der Waals surface area contributed by atoms with Crippen molar-refractivity contribution in [2.45, 2.75) is 0 Å². The number of nitrogens with zero attached hydrogens (tertiary/aromatic N) is 1. The van der Waals surface area contributed by atoms with Crippen LogP contribution in [-0.4, -0.2) is 10.9 Å². The number of pyridine rings is 1. The lowest BCUT2D eigenvalue weighted by Crippen LogP contribution is -2.15. The maximum absolute atomic E-state index is 13.0. The molecule has 0 unspecified atom stereocenters. The number of carbonyl (C=O) groups excluding carboxylic acids is 1. The van der Waals surface area contributed by atoms with Crippen LogP contribution >= 0.6 is 34.2 Å². The summed E-state index contributed by atoms with van der Waals surface area (Å²) in [5.74, 6) is 4.72. The van der Waals surface area contributed by atoms with Crippen molar-refractivity contribution in [2.75, 3.05) is 10.7 Å². The fourth-order valence-corrected chi connectivity index (χ4v) is 2.29. The fourth-order valence-electron chi connectivity index (χ4n) is 1.45. The molecule has 0 aliphatic rings. The number of hydrogen-bond acceptors (Lipinski definition) is 4. The van der Waals surface area contributed by atoms with Gasteiger partial charge in [-0.15, -0.1) is 0 Å². The lowest BCUT2D eigenvalue weighted by Gasteiger charge is -2.08. The number of benzene rings is 1. The summed E-state index contributed by atoms with van der Waals surface area (Å²) in [4.78, 5) is 15.9. The summed E-state index contributed by atoms with van der Waals surface area (Å²) in [6, 6.07) is 5.52. The van der Waals surface area contributed by atoms with E-state index in [1.807, 2.05) is 22.6 Å². The quantitative estimate of drug-likeness (QED) is 0.416. The van der Waals surface area contributed by atoms with Crippen LogP contribution in [-0.2, 0) is 0 Å². The highest BCUT2D eigenvalue weighted by atomic mass is 127. The molecule has 2 rings (SSSR count). The molecule has 0 spiro atoms. The van der Waals surface area contributed by atoms with E-state index in [2.05, 4.69) is 15.7 Å². The molecular formula is C12H9ClFIN4O. The fraction of sp³-hybridized carbons (Fsp3) is 0. The van der Waals surface area contributed by atoms with Crippen molar-refractivity contribution in [2.24, 2.45) is 5.84 Å². The molecule has 0 aliphatic carbocycles. The molecular weight excluding hydrogens is 398 g/mol. The third kappa shape index (κ3) is 3.35. The Bertz CT molecular complexity index is 668. The highest BCUT2D eigenvalue weighted by Gasteiger charge is 2.11. The lowest BCUT2D eigenvalue weighted by molar-refractivity contribution is 0.102. The van der Waals surface area contributed by atoms with Crippen LogP contribution in [0.25, 0.3) is 0 Å². The molecule has 1 aromatic heterocycles. The molecule has 1 amide bonds. The highest BCUT2D eigenvalue weighted by molar-refractivity contribution is 14.1. The Morgan fingerprint density at radius 3 is 2.75 bits per heavy atom. The average molecular weight is 407 g/mol. The van der Waals surface area contributed by atoms with Crippen molar-refractivity contribution in [1.82, 2.24) is 4.98 Å². The van der Waals surface area contributed by atoms with Gasteiger partial charge in [0.05, 0.1) is 16.3 Å². The Hall–Kier alpha value is -1.45. The largest absolute Gasteiger partial charge is 0.321 e. The minimum absolute atomic E-state index is 0.231. The molecule has 0 atom stereocenters. The number of anilines is 2. The Labute approximate surface area is 132 Å². The second-order valence-electron chi connectivity index (χ2n) is 3.78. The van der Waals surface area contributed by atoms with Crippen LogP contribution in [0.2, 0.25) is 5.02 Å². The third-order valence-corrected chi connectivity index (χ3v) is 3.60. The number of carbonyl (C=O) groups is 1. The summed E-state index contributed by atoms with van der Waals surface area (Å²) in [6.07, 6.45) is 1.34. The summed E-state index contributed by atoms with van der Waals surface area (Å²) < 4.78 is 13.6. The van der Waals surface area contributed by atoms with E-state index in [0.717, 1.165) is 0 Å². The molecule has 5 nitrogen and oxygen atoms in total. The van der Waals surface area contributed by atoms with Crippen LogP contribution in [0.15, 0.2) is 30.5 Å². The zero-order valence-corrected chi connectivity index (χ0v) is 12.9. The maximum atomic E-state index is 13.0. The molecule has 0 aliphatic heterocycles. The van der Waals surface area contributed by atoms with Gasteiger partial charge in [0.25, 0.3) is 5.91 Å². The molecule has 8 heteroatoms. The SMILES string of the molecule is NNc1ncc(C(=O)Nc2ccc(F)cc2I)cc1Cl. The summed E-state index contributed by atoms with van der Waals surface area (Å²) in [5.41, 5.74) is 3.09. The molecule has 4 N–H and O–H groups in total. The van der Waals surface area contributed by atoms with Crippen molar-refractivity contribution >= 4 is 51.6 Å². The number of hydrazine groups is 1. The second kappa shape index (κ2) is 6.33. The molecule has 0 fully saturated rings. The molecule has 0 bridgehead atoms. The number of nitrogens with one attached hydrogen (secondary N) is 2. The molecule has 1 heterocycles. The maximum Gasteiger partial charge on any atom is 0.257 e. The first-order valence-electron chi connectivity index (χ1n) is 5.40. The molecule has 1 aromatic carbocycles. The predicted molar refractivity (Wildman–Crippen MR) is 84.1 cm³/mol. The standard InChI is InChI=1S/C12H9ClFIN4O/c13-8-3-6(5-17-11(8)19-16)12(20)18-10-2-1-7(14)4-9(10)15/h1-5H,16H2,(H,17,19)(H,18,20). The van der Waals surface area contributed by atoms with E-state index in [9.17, 15) is 9.18 Å². The molecule has 0 radical (unpaired) electrons. The van der Waals surface area contributed by atoms with E-state index in [1.165, 1.54) is 30.5 Å². The molecule has 20 heavy (non-hydrogen) atoms. The number of aromatic nitrogens is 1. The number of rotatable bonds is 3. The molecule has 104 valence electrons. The van der Waals surface area contributed by atoms with Crippen molar-refractivity contribution in [3.8, 4) is 0 Å². The Balaban J connectivity index is 2.21. The minimum Gasteiger partial charge on any atom is -0.321 e. The van der Waals surface area contributed by atoms with Gasteiger partial charge in [-0.25, -0.2) is 15.2 Å². The van der Waals surface area contributed by atoms with E-state index < -0.39 is 5.91 Å². The average Bonchev–Trinajstić information content (AvgIpc) is 2.41. The summed E-state index contributed by atoms with van der Waals surface area (Å²) in [7, 11) is 0. The van der Waals surface area contributed by atoms with Crippen molar-refractivity contribution in [1.29, 1.82) is 0 Å². The van der Waals surface area contributed by atoms with Crippen LogP contribution < -0.4 is 16.6 Å². The number of hydrogen-bond donors (Lipinski definition) is 3. The van der Waals surface area contributed by atoms with Gasteiger partial charge in [0, 0.05) is 9.77 Å². The van der Waals surface area contributed by atoms with Gasteiger partial charge in [-0.3, -0.25) is 4.79 Å². The third-order valence-electron chi connectivity index (χ3n) is 2.42. The van der Waals surface area contributed by atoms with Gasteiger partial charge in [0.15, 0.2) is 5.82 Å². The van der Waals surface area contributed by atoms with E-state index >= 15 is 0 Å². The van der Waals surface area contributed by atoms with Gasteiger partial charge < -0.3 is 10.7 Å². The van der Waals surface area contributed by atoms with E-state index in [-0.39, 0.29) is 22.2 Å². The van der Waals surface area contributed by atoms with E-state index in [0.29, 0.717) is 9.26 Å². The molecule has 0 saturated heterocycles. The summed E-state index contributed by atoms with van der Waals surface area (Å²) in [6.45, 7) is 0. The van der Waals surface area contributed by atoms with Crippen LogP contribution in [0.3, 0.4) is 0 Å². The molecule has 0 saturated carbocycles. The monoisotopic (exact) mass is 406 g/mol. The zero-order chi connectivity index (χ0) is 14.7. The highest BCUT2D eigenvalue weighted by Crippen LogP contribution is 2.22. The van der Waals surface area contributed by atoms with Crippen LogP contribution in [0.1, 0.15) is 10.4 Å². The lowest BCUT2D eigenvalue weighted by atomic mass is 10.2. The number of amides is 1. The predicted octanol–water partition coefficient (Wildman–Crippen LogP) is 3.02. The van der Waals surface area contributed by atoms with Gasteiger partial charge >= 0.3 is 0 Å². The Kier molecular flexibility index (Phi) is 4.73. The van der Waals surface area contributed by atoms with Gasteiger partial charge in [0.2, 0.25) is 0 Å². The first-order valence-corrected chi connectivity index (χ1v) is 6.85. The Morgan fingerprint density at radius 1 is 1.40 bits per heavy atom. The summed E-state index contributed by atoms with van der Waals surface area (Å²) in [5, 5.41) is 2.89. The Morgan fingerprint density at radius 2 is 2.15 bits per heavy atom. The van der Waals surface area contributed by atoms with Crippen molar-refractivity contribution < 1.29 is 9.18 Å².